The van der Waals surface area contributed by atoms with Crippen molar-refractivity contribution < 1.29 is 31.1 Å². The molecule has 1 amide bonds. The summed E-state index contributed by atoms with van der Waals surface area (Å²) in [6.45, 7) is 0. The molecule has 0 aliphatic heterocycles. The monoisotopic (exact) mass is 440 g/mol. The lowest BCUT2D eigenvalue weighted by atomic mass is 10.4. The molecule has 2 heterocycles. The maximum atomic E-state index is 12.2. The number of hydrogen-bond acceptors (Lipinski definition) is 5. The topological polar surface area (TPSA) is 99.2 Å². The third-order valence-electron chi connectivity index (χ3n) is 3.73. The number of carbonyl (C=O) groups is 1. The standard InChI is InChI=1S/C15H16ClF3N4O4S/c1-21(13(24)4-7-28(26,27)8-5-15(17,18)19)12-10-23(20-14(12)16)11-3-2-6-22(25)9-11/h2-3,6,9-10H,4-5,7-8H2,1H3. The van der Waals surface area contributed by atoms with Crippen LogP contribution in [0.1, 0.15) is 12.8 Å². The molecule has 0 fully saturated rings. The van der Waals surface area contributed by atoms with Crippen molar-refractivity contribution >= 4 is 33.0 Å². The van der Waals surface area contributed by atoms with Gasteiger partial charge in [-0.25, -0.2) is 13.1 Å². The van der Waals surface area contributed by atoms with Crippen molar-refractivity contribution in [1.82, 2.24) is 9.78 Å². The van der Waals surface area contributed by atoms with Gasteiger partial charge in [0.15, 0.2) is 21.2 Å². The van der Waals surface area contributed by atoms with Crippen LogP contribution in [0, 0.1) is 5.21 Å². The van der Waals surface area contributed by atoms with Gasteiger partial charge in [-0.2, -0.15) is 23.0 Å². The predicted molar refractivity (Wildman–Crippen MR) is 94.9 cm³/mol. The fourth-order valence-electron chi connectivity index (χ4n) is 2.20. The van der Waals surface area contributed by atoms with Crippen molar-refractivity contribution in [1.29, 1.82) is 0 Å². The van der Waals surface area contributed by atoms with E-state index in [-0.39, 0.29) is 10.8 Å². The van der Waals surface area contributed by atoms with E-state index in [0.717, 1.165) is 4.90 Å². The number of hydrogen-bond donors (Lipinski definition) is 0. The van der Waals surface area contributed by atoms with Crippen molar-refractivity contribution in [2.75, 3.05) is 23.5 Å². The van der Waals surface area contributed by atoms with Gasteiger partial charge in [0.2, 0.25) is 12.1 Å². The van der Waals surface area contributed by atoms with E-state index in [0.29, 0.717) is 10.4 Å². The molecular formula is C15H16ClF3N4O4S. The van der Waals surface area contributed by atoms with E-state index >= 15 is 0 Å². The first-order chi connectivity index (χ1) is 12.9. The second-order valence-electron chi connectivity index (χ2n) is 5.89. The first-order valence-corrected chi connectivity index (χ1v) is 10.1. The van der Waals surface area contributed by atoms with Crippen LogP contribution in [-0.2, 0) is 14.6 Å². The zero-order valence-corrected chi connectivity index (χ0v) is 16.1. The molecule has 0 unspecified atom stereocenters. The van der Waals surface area contributed by atoms with E-state index in [2.05, 4.69) is 5.10 Å². The molecule has 0 radical (unpaired) electrons. The van der Waals surface area contributed by atoms with Crippen molar-refractivity contribution in [2.24, 2.45) is 0 Å². The van der Waals surface area contributed by atoms with E-state index in [1.54, 1.807) is 6.07 Å². The van der Waals surface area contributed by atoms with Crippen LogP contribution in [0.5, 0.6) is 0 Å². The molecule has 0 saturated carbocycles. The van der Waals surface area contributed by atoms with Crippen LogP contribution in [0.25, 0.3) is 5.69 Å². The molecule has 0 saturated heterocycles. The molecule has 28 heavy (non-hydrogen) atoms. The van der Waals surface area contributed by atoms with Crippen molar-refractivity contribution in [3.8, 4) is 5.69 Å². The number of alkyl halides is 3. The normalized spacial score (nSPS) is 12.2. The van der Waals surface area contributed by atoms with Crippen molar-refractivity contribution in [2.45, 2.75) is 19.0 Å². The molecule has 0 spiro atoms. The lowest BCUT2D eigenvalue weighted by Crippen LogP contribution is -2.29. The second kappa shape index (κ2) is 8.35. The van der Waals surface area contributed by atoms with Crippen molar-refractivity contribution in [3.05, 3.63) is 41.1 Å². The summed E-state index contributed by atoms with van der Waals surface area (Å²) < 4.78 is 61.7. The summed E-state index contributed by atoms with van der Waals surface area (Å²) in [4.78, 5) is 13.3. The SMILES string of the molecule is CN(C(=O)CCS(=O)(=O)CCC(F)(F)F)c1cn(-c2ccc[n+]([O-])c2)nc1Cl. The minimum Gasteiger partial charge on any atom is -0.619 e. The molecule has 0 aliphatic rings. The first kappa shape index (κ1) is 22.0. The average molecular weight is 441 g/mol. The van der Waals surface area contributed by atoms with Crippen LogP contribution >= 0.6 is 11.6 Å². The van der Waals surface area contributed by atoms with E-state index < -0.39 is 46.3 Å². The highest BCUT2D eigenvalue weighted by Gasteiger charge is 2.30. The fourth-order valence-corrected chi connectivity index (χ4v) is 3.69. The number of halogens is 4. The molecule has 0 bridgehead atoms. The average Bonchev–Trinajstić information content (AvgIpc) is 2.99. The Balaban J connectivity index is 2.05. The zero-order valence-electron chi connectivity index (χ0n) is 14.6. The van der Waals surface area contributed by atoms with Gasteiger partial charge in [0, 0.05) is 19.5 Å². The molecule has 13 heteroatoms. The zero-order chi connectivity index (χ0) is 21.1. The minimum absolute atomic E-state index is 0.0721. The number of amides is 1. The van der Waals surface area contributed by atoms with Gasteiger partial charge in [0.25, 0.3) is 0 Å². The van der Waals surface area contributed by atoms with Crippen molar-refractivity contribution in [3.63, 3.8) is 0 Å². The summed E-state index contributed by atoms with van der Waals surface area (Å²) in [5.41, 5.74) is 0.530. The van der Waals surface area contributed by atoms with Gasteiger partial charge in [-0.15, -0.1) is 0 Å². The fraction of sp³-hybridized carbons (Fsp3) is 0.400. The van der Waals surface area contributed by atoms with Gasteiger partial charge in [-0.1, -0.05) is 11.6 Å². The number of carbonyl (C=O) groups excluding carboxylic acids is 1. The lowest BCUT2D eigenvalue weighted by Gasteiger charge is -2.15. The Morgan fingerprint density at radius 1 is 1.39 bits per heavy atom. The molecule has 8 nitrogen and oxygen atoms in total. The minimum atomic E-state index is -4.59. The molecule has 154 valence electrons. The van der Waals surface area contributed by atoms with Crippen LogP contribution in [-0.4, -0.2) is 48.8 Å². The number of anilines is 1. The summed E-state index contributed by atoms with van der Waals surface area (Å²) in [7, 11) is -2.71. The second-order valence-corrected chi connectivity index (χ2v) is 8.55. The van der Waals surface area contributed by atoms with Gasteiger partial charge in [0.05, 0.1) is 24.1 Å². The van der Waals surface area contributed by atoms with E-state index in [4.69, 9.17) is 11.6 Å². The Labute approximate surface area is 163 Å². The van der Waals surface area contributed by atoms with Crippen LogP contribution in [0.4, 0.5) is 18.9 Å². The number of sulfone groups is 1. The maximum absolute atomic E-state index is 12.2. The molecule has 2 aromatic rings. The third kappa shape index (κ3) is 6.09. The van der Waals surface area contributed by atoms with Gasteiger partial charge >= 0.3 is 6.18 Å². The van der Waals surface area contributed by atoms with E-state index in [9.17, 15) is 31.6 Å². The molecule has 0 atom stereocenters. The molecule has 0 aliphatic carbocycles. The maximum Gasteiger partial charge on any atom is 0.390 e. The quantitative estimate of drug-likeness (QED) is 0.483. The van der Waals surface area contributed by atoms with E-state index in [1.165, 1.54) is 36.4 Å². The summed E-state index contributed by atoms with van der Waals surface area (Å²) >= 11 is 6.01. The Morgan fingerprint density at radius 2 is 2.07 bits per heavy atom. The number of rotatable bonds is 7. The Morgan fingerprint density at radius 3 is 2.68 bits per heavy atom. The van der Waals surface area contributed by atoms with Crippen LogP contribution in [0.15, 0.2) is 30.7 Å². The van der Waals surface area contributed by atoms with Crippen LogP contribution in [0.3, 0.4) is 0 Å². The highest BCUT2D eigenvalue weighted by molar-refractivity contribution is 7.91. The van der Waals surface area contributed by atoms with E-state index in [1.807, 2.05) is 0 Å². The van der Waals surface area contributed by atoms with Gasteiger partial charge in [0.1, 0.15) is 11.4 Å². The number of pyridine rings is 1. The highest BCUT2D eigenvalue weighted by atomic mass is 35.5. The van der Waals surface area contributed by atoms with Gasteiger partial charge in [-0.3, -0.25) is 4.79 Å². The smallest absolute Gasteiger partial charge is 0.390 e. The third-order valence-corrected chi connectivity index (χ3v) is 5.66. The highest BCUT2D eigenvalue weighted by Crippen LogP contribution is 2.25. The van der Waals surface area contributed by atoms with Gasteiger partial charge in [-0.05, 0) is 6.07 Å². The predicted octanol–water partition coefficient (Wildman–Crippen LogP) is 1.88. The summed E-state index contributed by atoms with van der Waals surface area (Å²) in [5.74, 6) is -2.45. The van der Waals surface area contributed by atoms with Crippen LogP contribution in [0.2, 0.25) is 5.15 Å². The largest absolute Gasteiger partial charge is 0.619 e. The Bertz CT molecular complexity index is 962. The Kier molecular flexibility index (Phi) is 6.55. The first-order valence-electron chi connectivity index (χ1n) is 7.86. The summed E-state index contributed by atoms with van der Waals surface area (Å²) in [6.07, 6.45) is -2.70. The molecule has 0 N–H and O–H groups in total. The van der Waals surface area contributed by atoms with Gasteiger partial charge < -0.3 is 10.1 Å². The molecule has 2 rings (SSSR count). The summed E-state index contributed by atoms with van der Waals surface area (Å²) in [6, 6.07) is 3.06. The number of nitrogens with zero attached hydrogens (tertiary/aromatic N) is 4. The molecular weight excluding hydrogens is 425 g/mol. The number of aromatic nitrogens is 3. The molecule has 0 aromatic carbocycles. The lowest BCUT2D eigenvalue weighted by molar-refractivity contribution is -0.605. The summed E-state index contributed by atoms with van der Waals surface area (Å²) in [5, 5.41) is 15.3. The Hall–Kier alpha value is -2.34. The molecule has 2 aromatic heterocycles. The van der Waals surface area contributed by atoms with Crippen LogP contribution < -0.4 is 9.63 Å².